The first-order valence-electron chi connectivity index (χ1n) is 8.55. The topological polar surface area (TPSA) is 24.5 Å². The van der Waals surface area contributed by atoms with Crippen LogP contribution in [-0.2, 0) is 0 Å². The van der Waals surface area contributed by atoms with Gasteiger partial charge in [-0.05, 0) is 38.4 Å². The average molecular weight is 288 g/mol. The number of likely N-dealkylation sites (tertiary alicyclic amines) is 1. The fourth-order valence-corrected chi connectivity index (χ4v) is 3.64. The minimum atomic E-state index is 0.549. The van der Waals surface area contributed by atoms with Crippen molar-refractivity contribution in [2.24, 2.45) is 0 Å². The Morgan fingerprint density at radius 2 is 2.19 bits per heavy atom. The van der Waals surface area contributed by atoms with E-state index in [0.717, 1.165) is 32.0 Å². The van der Waals surface area contributed by atoms with Gasteiger partial charge in [0, 0.05) is 30.6 Å². The number of rotatable bonds is 6. The Bertz CT molecular complexity index is 449. The molecule has 3 heteroatoms. The lowest BCUT2D eigenvalue weighted by atomic mass is 9.96. The molecule has 0 spiro atoms. The van der Waals surface area contributed by atoms with Crippen LogP contribution in [0.25, 0.3) is 0 Å². The van der Waals surface area contributed by atoms with Gasteiger partial charge in [0.2, 0.25) is 0 Å². The van der Waals surface area contributed by atoms with E-state index in [9.17, 15) is 0 Å². The van der Waals surface area contributed by atoms with E-state index in [1.807, 2.05) is 0 Å². The van der Waals surface area contributed by atoms with Crippen LogP contribution in [0, 0.1) is 0 Å². The Morgan fingerprint density at radius 3 is 3.10 bits per heavy atom. The third-order valence-corrected chi connectivity index (χ3v) is 4.81. The van der Waals surface area contributed by atoms with Crippen molar-refractivity contribution in [3.8, 4) is 5.75 Å². The third kappa shape index (κ3) is 3.58. The van der Waals surface area contributed by atoms with Crippen LogP contribution < -0.4 is 10.1 Å². The molecular formula is C18H28N2O. The molecule has 2 aliphatic heterocycles. The minimum absolute atomic E-state index is 0.549. The first kappa shape index (κ1) is 14.9. The molecule has 2 unspecified atom stereocenters. The fourth-order valence-electron chi connectivity index (χ4n) is 3.64. The van der Waals surface area contributed by atoms with E-state index in [1.165, 1.54) is 37.8 Å². The standard InChI is InChI=1S/C18H28N2O/c1-2-10-19-12-16-7-5-6-11-20(16)13-15-14-21-18-9-4-3-8-17(15)18/h3-4,8-9,15-16,19H,2,5-7,10-14H2,1H3. The minimum Gasteiger partial charge on any atom is -0.493 e. The van der Waals surface area contributed by atoms with Gasteiger partial charge in [-0.2, -0.15) is 0 Å². The predicted molar refractivity (Wildman–Crippen MR) is 87.1 cm³/mol. The van der Waals surface area contributed by atoms with Crippen LogP contribution in [0.5, 0.6) is 5.75 Å². The molecule has 2 aliphatic rings. The van der Waals surface area contributed by atoms with Crippen LogP contribution in [-0.4, -0.2) is 43.7 Å². The van der Waals surface area contributed by atoms with Gasteiger partial charge in [-0.3, -0.25) is 4.90 Å². The van der Waals surface area contributed by atoms with Crippen molar-refractivity contribution in [2.45, 2.75) is 44.6 Å². The largest absolute Gasteiger partial charge is 0.493 e. The molecule has 3 nitrogen and oxygen atoms in total. The lowest BCUT2D eigenvalue weighted by Crippen LogP contribution is -2.47. The van der Waals surface area contributed by atoms with Crippen LogP contribution in [0.4, 0.5) is 0 Å². The second-order valence-corrected chi connectivity index (χ2v) is 6.39. The number of piperidine rings is 1. The van der Waals surface area contributed by atoms with Crippen LogP contribution in [0.15, 0.2) is 24.3 Å². The summed E-state index contributed by atoms with van der Waals surface area (Å²) in [5.41, 5.74) is 1.41. The van der Waals surface area contributed by atoms with Gasteiger partial charge in [0.05, 0.1) is 6.61 Å². The maximum Gasteiger partial charge on any atom is 0.122 e. The highest BCUT2D eigenvalue weighted by Crippen LogP contribution is 2.34. The predicted octanol–water partition coefficient (Wildman–Crippen LogP) is 3.02. The van der Waals surface area contributed by atoms with Crippen molar-refractivity contribution < 1.29 is 4.74 Å². The smallest absolute Gasteiger partial charge is 0.122 e. The molecule has 116 valence electrons. The quantitative estimate of drug-likeness (QED) is 0.814. The second kappa shape index (κ2) is 7.28. The zero-order valence-electron chi connectivity index (χ0n) is 13.2. The number of hydrogen-bond donors (Lipinski definition) is 1. The molecule has 1 saturated heterocycles. The van der Waals surface area contributed by atoms with Gasteiger partial charge in [0.25, 0.3) is 0 Å². The Hall–Kier alpha value is -1.06. The molecule has 0 bridgehead atoms. The molecule has 0 saturated carbocycles. The number of para-hydroxylation sites is 1. The van der Waals surface area contributed by atoms with E-state index in [4.69, 9.17) is 4.74 Å². The molecule has 0 aromatic heterocycles. The highest BCUT2D eigenvalue weighted by molar-refractivity contribution is 5.39. The number of benzene rings is 1. The summed E-state index contributed by atoms with van der Waals surface area (Å²) in [6.45, 7) is 7.76. The number of nitrogens with zero attached hydrogens (tertiary/aromatic N) is 1. The van der Waals surface area contributed by atoms with Crippen molar-refractivity contribution in [1.82, 2.24) is 10.2 Å². The molecule has 1 aromatic carbocycles. The number of nitrogens with one attached hydrogen (secondary N) is 1. The van der Waals surface area contributed by atoms with Crippen LogP contribution in [0.2, 0.25) is 0 Å². The van der Waals surface area contributed by atoms with Gasteiger partial charge in [-0.15, -0.1) is 0 Å². The first-order valence-corrected chi connectivity index (χ1v) is 8.55. The summed E-state index contributed by atoms with van der Waals surface area (Å²) in [6, 6.07) is 9.25. The van der Waals surface area contributed by atoms with Gasteiger partial charge < -0.3 is 10.1 Å². The first-order chi connectivity index (χ1) is 10.4. The molecule has 21 heavy (non-hydrogen) atoms. The average Bonchev–Trinajstić information content (AvgIpc) is 2.93. The lowest BCUT2D eigenvalue weighted by Gasteiger charge is -2.37. The molecule has 1 fully saturated rings. The second-order valence-electron chi connectivity index (χ2n) is 6.39. The molecule has 0 radical (unpaired) electrons. The van der Waals surface area contributed by atoms with E-state index in [0.29, 0.717) is 12.0 Å². The highest BCUT2D eigenvalue weighted by atomic mass is 16.5. The van der Waals surface area contributed by atoms with E-state index in [2.05, 4.69) is 41.4 Å². The van der Waals surface area contributed by atoms with Gasteiger partial charge in [-0.1, -0.05) is 31.5 Å². The fraction of sp³-hybridized carbons (Fsp3) is 0.667. The van der Waals surface area contributed by atoms with Crippen molar-refractivity contribution in [1.29, 1.82) is 0 Å². The van der Waals surface area contributed by atoms with Crippen LogP contribution >= 0.6 is 0 Å². The summed E-state index contributed by atoms with van der Waals surface area (Å²) >= 11 is 0. The monoisotopic (exact) mass is 288 g/mol. The number of ether oxygens (including phenoxy) is 1. The van der Waals surface area contributed by atoms with Crippen molar-refractivity contribution >= 4 is 0 Å². The summed E-state index contributed by atoms with van der Waals surface area (Å²) in [6.07, 6.45) is 5.29. The molecule has 2 heterocycles. The normalized spacial score (nSPS) is 25.6. The summed E-state index contributed by atoms with van der Waals surface area (Å²) in [4.78, 5) is 2.70. The van der Waals surface area contributed by atoms with E-state index in [1.54, 1.807) is 0 Å². The molecule has 0 amide bonds. The van der Waals surface area contributed by atoms with Gasteiger partial charge in [0.1, 0.15) is 5.75 Å². The highest BCUT2D eigenvalue weighted by Gasteiger charge is 2.29. The SMILES string of the molecule is CCCNCC1CCCCN1CC1COc2ccccc21. The van der Waals surface area contributed by atoms with E-state index < -0.39 is 0 Å². The molecular weight excluding hydrogens is 260 g/mol. The van der Waals surface area contributed by atoms with Gasteiger partial charge in [0.15, 0.2) is 0 Å². The summed E-state index contributed by atoms with van der Waals surface area (Å²) in [5, 5.41) is 3.61. The zero-order valence-corrected chi connectivity index (χ0v) is 13.2. The Kier molecular flexibility index (Phi) is 5.15. The van der Waals surface area contributed by atoms with E-state index in [-0.39, 0.29) is 0 Å². The zero-order chi connectivity index (χ0) is 14.5. The van der Waals surface area contributed by atoms with Crippen molar-refractivity contribution in [2.75, 3.05) is 32.8 Å². The summed E-state index contributed by atoms with van der Waals surface area (Å²) in [5.74, 6) is 1.65. The van der Waals surface area contributed by atoms with Crippen LogP contribution in [0.3, 0.4) is 0 Å². The third-order valence-electron chi connectivity index (χ3n) is 4.81. The maximum absolute atomic E-state index is 5.84. The summed E-state index contributed by atoms with van der Waals surface area (Å²) < 4.78 is 5.84. The Balaban J connectivity index is 1.60. The van der Waals surface area contributed by atoms with Crippen molar-refractivity contribution in [3.05, 3.63) is 29.8 Å². The van der Waals surface area contributed by atoms with Gasteiger partial charge in [-0.25, -0.2) is 0 Å². The van der Waals surface area contributed by atoms with Crippen LogP contribution in [0.1, 0.15) is 44.1 Å². The van der Waals surface area contributed by atoms with E-state index >= 15 is 0 Å². The summed E-state index contributed by atoms with van der Waals surface area (Å²) in [7, 11) is 0. The molecule has 2 atom stereocenters. The van der Waals surface area contributed by atoms with Gasteiger partial charge >= 0.3 is 0 Å². The molecule has 0 aliphatic carbocycles. The molecule has 3 rings (SSSR count). The number of hydrogen-bond acceptors (Lipinski definition) is 3. The Morgan fingerprint density at radius 1 is 1.29 bits per heavy atom. The molecule has 1 N–H and O–H groups in total. The van der Waals surface area contributed by atoms with Crippen molar-refractivity contribution in [3.63, 3.8) is 0 Å². The molecule has 1 aromatic rings. The number of fused-ring (bicyclic) bond motifs is 1. The lowest BCUT2D eigenvalue weighted by molar-refractivity contribution is 0.131. The maximum atomic E-state index is 5.84. The Labute approximate surface area is 128 Å².